The summed E-state index contributed by atoms with van der Waals surface area (Å²) in [7, 11) is 0. The minimum absolute atomic E-state index is 0.0239. The van der Waals surface area contributed by atoms with Gasteiger partial charge in [0.2, 0.25) is 0 Å². The van der Waals surface area contributed by atoms with E-state index < -0.39 is 17.8 Å². The van der Waals surface area contributed by atoms with Crippen molar-refractivity contribution >= 4 is 22.7 Å². The van der Waals surface area contributed by atoms with Crippen LogP contribution >= 0.6 is 11.8 Å². The number of halogens is 3. The maximum absolute atomic E-state index is 12.8. The summed E-state index contributed by atoms with van der Waals surface area (Å²) >= 11 is 1.05. The molecule has 0 spiro atoms. The topological polar surface area (TPSA) is 63.6 Å². The van der Waals surface area contributed by atoms with E-state index in [-0.39, 0.29) is 34.7 Å². The number of hydrogen-bond acceptors (Lipinski definition) is 5. The Labute approximate surface area is 163 Å². The molecule has 1 fully saturated rings. The van der Waals surface area contributed by atoms with Crippen molar-refractivity contribution in [3.8, 4) is 5.75 Å². The molecule has 1 N–H and O–H groups in total. The highest BCUT2D eigenvalue weighted by atomic mass is 32.2. The summed E-state index contributed by atoms with van der Waals surface area (Å²) in [4.78, 5) is 23.0. The number of thioether (sulfide) groups is 1. The van der Waals surface area contributed by atoms with Gasteiger partial charge in [0.05, 0.1) is 17.2 Å². The molecule has 148 valence electrons. The maximum Gasteiger partial charge on any atom is 0.416 e. The van der Waals surface area contributed by atoms with E-state index in [4.69, 9.17) is 4.74 Å². The summed E-state index contributed by atoms with van der Waals surface area (Å²) in [5, 5.41) is 9.63. The SMILES string of the molecule is O=C1CC(=O)C(Cc2ccc(OCC(O)c3cccc(C(F)(F)F)c3)cc2)S1. The third kappa shape index (κ3) is 5.14. The van der Waals surface area contributed by atoms with Crippen LogP contribution in [-0.2, 0) is 22.2 Å². The quantitative estimate of drug-likeness (QED) is 0.731. The lowest BCUT2D eigenvalue weighted by Gasteiger charge is -2.15. The van der Waals surface area contributed by atoms with Crippen molar-refractivity contribution in [2.24, 2.45) is 0 Å². The molecule has 3 rings (SSSR count). The van der Waals surface area contributed by atoms with Crippen LogP contribution in [0.25, 0.3) is 0 Å². The Morgan fingerprint density at radius 3 is 2.46 bits per heavy atom. The molecule has 0 radical (unpaired) electrons. The van der Waals surface area contributed by atoms with E-state index in [2.05, 4.69) is 0 Å². The minimum atomic E-state index is -4.48. The van der Waals surface area contributed by atoms with Crippen LogP contribution < -0.4 is 4.74 Å². The molecular formula is C20H17F3O4S. The first kappa shape index (κ1) is 20.4. The first-order valence-electron chi connectivity index (χ1n) is 8.51. The van der Waals surface area contributed by atoms with Gasteiger partial charge in [-0.3, -0.25) is 9.59 Å². The number of rotatable bonds is 6. The van der Waals surface area contributed by atoms with Crippen molar-refractivity contribution in [3.05, 3.63) is 65.2 Å². The summed E-state index contributed by atoms with van der Waals surface area (Å²) in [6, 6.07) is 11.3. The molecule has 1 saturated heterocycles. The number of aliphatic hydroxyl groups is 1. The van der Waals surface area contributed by atoms with Crippen molar-refractivity contribution in [1.29, 1.82) is 0 Å². The standard InChI is InChI=1S/C20H17F3O4S/c21-20(22,23)14-3-1-2-13(9-14)17(25)11-27-15-6-4-12(5-7-15)8-18-16(24)10-19(26)28-18/h1-7,9,17-18,25H,8,10-11H2. The van der Waals surface area contributed by atoms with E-state index in [0.29, 0.717) is 12.2 Å². The highest BCUT2D eigenvalue weighted by molar-refractivity contribution is 8.15. The zero-order chi connectivity index (χ0) is 20.3. The number of hydrogen-bond donors (Lipinski definition) is 1. The van der Waals surface area contributed by atoms with E-state index in [1.165, 1.54) is 12.1 Å². The lowest BCUT2D eigenvalue weighted by atomic mass is 10.1. The van der Waals surface area contributed by atoms with Crippen LogP contribution in [0.15, 0.2) is 48.5 Å². The number of aliphatic hydroxyl groups excluding tert-OH is 1. The average Bonchev–Trinajstić information content (AvgIpc) is 2.97. The van der Waals surface area contributed by atoms with Gasteiger partial charge >= 0.3 is 6.18 Å². The molecule has 0 aromatic heterocycles. The number of carbonyl (C=O) groups is 2. The summed E-state index contributed by atoms with van der Waals surface area (Å²) in [6.45, 7) is -0.202. The molecule has 4 nitrogen and oxygen atoms in total. The second-order valence-electron chi connectivity index (χ2n) is 6.42. The monoisotopic (exact) mass is 410 g/mol. The fraction of sp³-hybridized carbons (Fsp3) is 0.300. The minimum Gasteiger partial charge on any atom is -0.491 e. The van der Waals surface area contributed by atoms with E-state index >= 15 is 0 Å². The third-order valence-electron chi connectivity index (χ3n) is 4.30. The Hall–Kier alpha value is -2.32. The normalized spacial score (nSPS) is 18.4. The molecule has 1 aliphatic rings. The Kier molecular flexibility index (Phi) is 6.10. The summed E-state index contributed by atoms with van der Waals surface area (Å²) in [5.41, 5.74) is 0.158. The predicted molar refractivity (Wildman–Crippen MR) is 98.1 cm³/mol. The Morgan fingerprint density at radius 1 is 1.14 bits per heavy atom. The molecule has 0 bridgehead atoms. The van der Waals surface area contributed by atoms with Gasteiger partial charge in [0.15, 0.2) is 10.9 Å². The molecule has 1 heterocycles. The molecular weight excluding hydrogens is 393 g/mol. The second kappa shape index (κ2) is 8.36. The molecule has 2 atom stereocenters. The maximum atomic E-state index is 12.8. The molecule has 0 aliphatic carbocycles. The first-order valence-corrected chi connectivity index (χ1v) is 9.39. The van der Waals surface area contributed by atoms with Gasteiger partial charge in [0, 0.05) is 0 Å². The Morgan fingerprint density at radius 2 is 1.86 bits per heavy atom. The van der Waals surface area contributed by atoms with Gasteiger partial charge in [-0.1, -0.05) is 36.0 Å². The molecule has 0 saturated carbocycles. The van der Waals surface area contributed by atoms with Gasteiger partial charge in [-0.05, 0) is 41.8 Å². The fourth-order valence-electron chi connectivity index (χ4n) is 2.81. The lowest BCUT2D eigenvalue weighted by molar-refractivity contribution is -0.137. The number of ether oxygens (including phenoxy) is 1. The van der Waals surface area contributed by atoms with Crippen molar-refractivity contribution in [1.82, 2.24) is 0 Å². The van der Waals surface area contributed by atoms with Gasteiger partial charge in [-0.25, -0.2) is 0 Å². The zero-order valence-corrected chi connectivity index (χ0v) is 15.4. The van der Waals surface area contributed by atoms with Crippen molar-refractivity contribution in [2.45, 2.75) is 30.4 Å². The van der Waals surface area contributed by atoms with Crippen LogP contribution in [0.1, 0.15) is 29.2 Å². The van der Waals surface area contributed by atoms with Gasteiger partial charge in [0.1, 0.15) is 18.5 Å². The van der Waals surface area contributed by atoms with Crippen LogP contribution in [0.4, 0.5) is 13.2 Å². The third-order valence-corrected chi connectivity index (χ3v) is 5.42. The Bertz CT molecular complexity index is 864. The van der Waals surface area contributed by atoms with Crippen molar-refractivity contribution < 1.29 is 32.6 Å². The largest absolute Gasteiger partial charge is 0.491 e. The zero-order valence-electron chi connectivity index (χ0n) is 14.6. The fourth-order valence-corrected chi connectivity index (χ4v) is 3.84. The molecule has 2 unspecified atom stereocenters. The van der Waals surface area contributed by atoms with E-state index in [9.17, 15) is 27.9 Å². The van der Waals surface area contributed by atoms with E-state index in [1.54, 1.807) is 24.3 Å². The number of Topliss-reactive ketones (excluding diaryl/α,β-unsaturated/α-hetero) is 1. The molecule has 1 aliphatic heterocycles. The number of carbonyl (C=O) groups excluding carboxylic acids is 2. The smallest absolute Gasteiger partial charge is 0.416 e. The molecule has 28 heavy (non-hydrogen) atoms. The number of benzene rings is 2. The lowest BCUT2D eigenvalue weighted by Crippen LogP contribution is -2.13. The highest BCUT2D eigenvalue weighted by Gasteiger charge is 2.32. The highest BCUT2D eigenvalue weighted by Crippen LogP contribution is 2.31. The van der Waals surface area contributed by atoms with Crippen molar-refractivity contribution in [3.63, 3.8) is 0 Å². The van der Waals surface area contributed by atoms with Crippen LogP contribution in [0.5, 0.6) is 5.75 Å². The van der Waals surface area contributed by atoms with Crippen LogP contribution in [0.3, 0.4) is 0 Å². The second-order valence-corrected chi connectivity index (χ2v) is 7.68. The van der Waals surface area contributed by atoms with Crippen molar-refractivity contribution in [2.75, 3.05) is 6.61 Å². The number of ketones is 1. The average molecular weight is 410 g/mol. The summed E-state index contributed by atoms with van der Waals surface area (Å²) < 4.78 is 43.7. The van der Waals surface area contributed by atoms with E-state index in [1.807, 2.05) is 0 Å². The van der Waals surface area contributed by atoms with Crippen LogP contribution in [-0.4, -0.2) is 27.9 Å². The number of alkyl halides is 3. The first-order chi connectivity index (χ1) is 13.2. The van der Waals surface area contributed by atoms with Gasteiger partial charge in [-0.2, -0.15) is 13.2 Å². The van der Waals surface area contributed by atoms with Gasteiger partial charge < -0.3 is 9.84 Å². The predicted octanol–water partition coefficient (Wildman–Crippen LogP) is 3.96. The Balaban J connectivity index is 1.56. The summed E-state index contributed by atoms with van der Waals surface area (Å²) in [6.07, 6.45) is -5.26. The van der Waals surface area contributed by atoms with Crippen LogP contribution in [0.2, 0.25) is 0 Å². The molecule has 0 amide bonds. The van der Waals surface area contributed by atoms with Gasteiger partial charge in [0.25, 0.3) is 0 Å². The molecule has 2 aromatic carbocycles. The molecule has 2 aromatic rings. The molecule has 8 heteroatoms. The summed E-state index contributed by atoms with van der Waals surface area (Å²) in [5.74, 6) is 0.371. The van der Waals surface area contributed by atoms with Gasteiger partial charge in [-0.15, -0.1) is 0 Å². The van der Waals surface area contributed by atoms with E-state index in [0.717, 1.165) is 29.5 Å². The van der Waals surface area contributed by atoms with Crippen LogP contribution in [0, 0.1) is 0 Å².